The molecule has 24 heavy (non-hydrogen) atoms. The Kier molecular flexibility index (Phi) is 4.71. The molecule has 5 nitrogen and oxygen atoms in total. The molecular formula is C18H17ClN2O3. The quantitative estimate of drug-likeness (QED) is 0.931. The summed E-state index contributed by atoms with van der Waals surface area (Å²) < 4.78 is 5.75. The first-order valence-corrected chi connectivity index (χ1v) is 7.99. The normalized spacial score (nSPS) is 16.1. The number of amides is 2. The van der Waals surface area contributed by atoms with Gasteiger partial charge >= 0.3 is 0 Å². The van der Waals surface area contributed by atoms with Crippen molar-refractivity contribution in [2.75, 3.05) is 11.4 Å². The van der Waals surface area contributed by atoms with Crippen molar-refractivity contribution in [3.63, 3.8) is 0 Å². The van der Waals surface area contributed by atoms with Crippen molar-refractivity contribution in [1.29, 1.82) is 0 Å². The Morgan fingerprint density at radius 1 is 1.21 bits per heavy atom. The number of carbonyl (C=O) groups excluding carboxylic acids is 2. The van der Waals surface area contributed by atoms with E-state index < -0.39 is 6.10 Å². The van der Waals surface area contributed by atoms with Gasteiger partial charge in [-0.2, -0.15) is 0 Å². The monoisotopic (exact) mass is 344 g/mol. The third-order valence-electron chi connectivity index (χ3n) is 3.86. The fourth-order valence-electron chi connectivity index (χ4n) is 2.61. The van der Waals surface area contributed by atoms with Gasteiger partial charge in [0.15, 0.2) is 6.10 Å². The average Bonchev–Trinajstić information content (AvgIpc) is 2.59. The minimum atomic E-state index is -0.758. The van der Waals surface area contributed by atoms with Crippen LogP contribution in [0.3, 0.4) is 0 Å². The summed E-state index contributed by atoms with van der Waals surface area (Å²) in [6.45, 7) is 1.96. The summed E-state index contributed by atoms with van der Waals surface area (Å²) in [5, 5.41) is 3.41. The molecule has 0 aromatic heterocycles. The molecule has 1 aliphatic heterocycles. The summed E-state index contributed by atoms with van der Waals surface area (Å²) in [6, 6.07) is 14.5. The van der Waals surface area contributed by atoms with Gasteiger partial charge in [0.25, 0.3) is 5.91 Å². The number of nitrogens with zero attached hydrogens (tertiary/aromatic N) is 1. The van der Waals surface area contributed by atoms with Crippen molar-refractivity contribution in [2.45, 2.75) is 19.6 Å². The maximum atomic E-state index is 12.4. The smallest absolute Gasteiger partial charge is 0.263 e. The predicted octanol–water partition coefficient (Wildman–Crippen LogP) is 2.77. The number of halogens is 1. The second-order valence-electron chi connectivity index (χ2n) is 5.51. The van der Waals surface area contributed by atoms with Crippen molar-refractivity contribution in [1.82, 2.24) is 5.32 Å². The van der Waals surface area contributed by atoms with Gasteiger partial charge in [-0.1, -0.05) is 41.9 Å². The van der Waals surface area contributed by atoms with Gasteiger partial charge in [-0.15, -0.1) is 0 Å². The van der Waals surface area contributed by atoms with Crippen LogP contribution in [-0.2, 0) is 16.1 Å². The summed E-state index contributed by atoms with van der Waals surface area (Å²) in [5.41, 5.74) is 1.51. The van der Waals surface area contributed by atoms with Crippen LogP contribution in [0.4, 0.5) is 5.69 Å². The molecule has 2 aromatic carbocycles. The van der Waals surface area contributed by atoms with Crippen LogP contribution in [0.2, 0.25) is 5.02 Å². The van der Waals surface area contributed by atoms with E-state index in [1.165, 1.54) is 6.92 Å². The standard InChI is InChI=1S/C18H17ClN2O3/c1-12(22)21-11-17(24-16-9-5-4-8-15(16)21)18(23)20-10-13-6-2-3-7-14(13)19/h2-9,17H,10-11H2,1H3,(H,20,23)/t17-/m0/s1. The van der Waals surface area contributed by atoms with Gasteiger partial charge in [-0.3, -0.25) is 9.59 Å². The Morgan fingerprint density at radius 2 is 1.92 bits per heavy atom. The molecule has 0 saturated heterocycles. The second-order valence-corrected chi connectivity index (χ2v) is 5.92. The molecule has 2 amide bonds. The van der Waals surface area contributed by atoms with E-state index >= 15 is 0 Å². The number of hydrogen-bond acceptors (Lipinski definition) is 3. The van der Waals surface area contributed by atoms with E-state index in [9.17, 15) is 9.59 Å². The van der Waals surface area contributed by atoms with E-state index in [0.717, 1.165) is 5.56 Å². The van der Waals surface area contributed by atoms with E-state index in [1.807, 2.05) is 24.3 Å². The Labute approximate surface area is 145 Å². The van der Waals surface area contributed by atoms with Crippen LogP contribution in [0.5, 0.6) is 5.75 Å². The van der Waals surface area contributed by atoms with Gasteiger partial charge in [-0.25, -0.2) is 0 Å². The lowest BCUT2D eigenvalue weighted by molar-refractivity contribution is -0.128. The molecule has 0 radical (unpaired) electrons. The average molecular weight is 345 g/mol. The fourth-order valence-corrected chi connectivity index (χ4v) is 2.81. The second kappa shape index (κ2) is 6.93. The molecule has 0 aliphatic carbocycles. The van der Waals surface area contributed by atoms with E-state index in [-0.39, 0.29) is 18.4 Å². The zero-order valence-electron chi connectivity index (χ0n) is 13.2. The van der Waals surface area contributed by atoms with Gasteiger partial charge < -0.3 is 15.0 Å². The number of ether oxygens (including phenoxy) is 1. The third kappa shape index (κ3) is 3.36. The highest BCUT2D eigenvalue weighted by Gasteiger charge is 2.32. The number of para-hydroxylation sites is 2. The number of anilines is 1. The minimum Gasteiger partial charge on any atom is -0.477 e. The van der Waals surface area contributed by atoms with Gasteiger partial charge in [-0.05, 0) is 23.8 Å². The molecule has 0 fully saturated rings. The Morgan fingerprint density at radius 3 is 2.67 bits per heavy atom. The van der Waals surface area contributed by atoms with Crippen LogP contribution >= 0.6 is 11.6 Å². The van der Waals surface area contributed by atoms with Gasteiger partial charge in [0.05, 0.1) is 12.2 Å². The number of carbonyl (C=O) groups is 2. The molecule has 1 aliphatic rings. The number of hydrogen-bond donors (Lipinski definition) is 1. The van der Waals surface area contributed by atoms with E-state index in [2.05, 4.69) is 5.32 Å². The number of nitrogens with one attached hydrogen (secondary N) is 1. The molecule has 6 heteroatoms. The molecule has 3 rings (SSSR count). The van der Waals surface area contributed by atoms with Crippen LogP contribution < -0.4 is 15.0 Å². The maximum Gasteiger partial charge on any atom is 0.263 e. The van der Waals surface area contributed by atoms with Crippen LogP contribution in [0, 0.1) is 0 Å². The molecule has 0 unspecified atom stereocenters. The van der Waals surface area contributed by atoms with Crippen molar-refractivity contribution >= 4 is 29.1 Å². The molecule has 0 saturated carbocycles. The summed E-state index contributed by atoms with van der Waals surface area (Å²) in [7, 11) is 0. The van der Waals surface area contributed by atoms with Crippen LogP contribution in [0.1, 0.15) is 12.5 Å². The first kappa shape index (κ1) is 16.3. The predicted molar refractivity (Wildman–Crippen MR) is 92.2 cm³/mol. The van der Waals surface area contributed by atoms with E-state index in [0.29, 0.717) is 23.0 Å². The lowest BCUT2D eigenvalue weighted by Gasteiger charge is -2.33. The molecule has 0 bridgehead atoms. The number of benzene rings is 2. The van der Waals surface area contributed by atoms with Gasteiger partial charge in [0, 0.05) is 18.5 Å². The zero-order valence-corrected chi connectivity index (χ0v) is 13.9. The van der Waals surface area contributed by atoms with Crippen molar-refractivity contribution in [3.05, 3.63) is 59.1 Å². The minimum absolute atomic E-state index is 0.130. The van der Waals surface area contributed by atoms with Crippen LogP contribution in [0.15, 0.2) is 48.5 Å². The summed E-state index contributed by atoms with van der Waals surface area (Å²) in [6.07, 6.45) is -0.758. The zero-order chi connectivity index (χ0) is 17.1. The molecular weight excluding hydrogens is 328 g/mol. The Hall–Kier alpha value is -2.53. The highest BCUT2D eigenvalue weighted by Crippen LogP contribution is 2.33. The molecule has 1 atom stereocenters. The van der Waals surface area contributed by atoms with Gasteiger partial charge in [0.1, 0.15) is 5.75 Å². The molecule has 2 aromatic rings. The number of rotatable bonds is 3. The SMILES string of the molecule is CC(=O)N1C[C@@H](C(=O)NCc2ccccc2Cl)Oc2ccccc21. The van der Waals surface area contributed by atoms with Crippen LogP contribution in [0.25, 0.3) is 0 Å². The highest BCUT2D eigenvalue weighted by atomic mass is 35.5. The van der Waals surface area contributed by atoms with Gasteiger partial charge in [0.2, 0.25) is 5.91 Å². The van der Waals surface area contributed by atoms with E-state index in [4.69, 9.17) is 16.3 Å². The Balaban J connectivity index is 1.72. The molecule has 124 valence electrons. The molecule has 1 N–H and O–H groups in total. The van der Waals surface area contributed by atoms with Crippen molar-refractivity contribution in [2.24, 2.45) is 0 Å². The van der Waals surface area contributed by atoms with Crippen molar-refractivity contribution < 1.29 is 14.3 Å². The third-order valence-corrected chi connectivity index (χ3v) is 4.23. The van der Waals surface area contributed by atoms with Crippen molar-refractivity contribution in [3.8, 4) is 5.75 Å². The Bertz CT molecular complexity index is 778. The highest BCUT2D eigenvalue weighted by molar-refractivity contribution is 6.31. The summed E-state index contributed by atoms with van der Waals surface area (Å²) in [5.74, 6) is 0.113. The molecule has 1 heterocycles. The maximum absolute atomic E-state index is 12.4. The number of fused-ring (bicyclic) bond motifs is 1. The summed E-state index contributed by atoms with van der Waals surface area (Å²) in [4.78, 5) is 25.9. The van der Waals surface area contributed by atoms with E-state index in [1.54, 1.807) is 29.2 Å². The topological polar surface area (TPSA) is 58.6 Å². The first-order chi connectivity index (χ1) is 11.6. The first-order valence-electron chi connectivity index (χ1n) is 7.61. The largest absolute Gasteiger partial charge is 0.477 e. The lowest BCUT2D eigenvalue weighted by atomic mass is 10.1. The van der Waals surface area contributed by atoms with Crippen LogP contribution in [-0.4, -0.2) is 24.5 Å². The lowest BCUT2D eigenvalue weighted by Crippen LogP contribution is -2.50. The molecule has 0 spiro atoms. The summed E-state index contributed by atoms with van der Waals surface area (Å²) >= 11 is 6.09. The fraction of sp³-hybridized carbons (Fsp3) is 0.222.